The number of aromatic nitrogens is 1. The van der Waals surface area contributed by atoms with Gasteiger partial charge in [0.2, 0.25) is 5.91 Å². The summed E-state index contributed by atoms with van der Waals surface area (Å²) in [5, 5.41) is 5.90. The van der Waals surface area contributed by atoms with E-state index in [4.69, 9.17) is 0 Å². The lowest BCUT2D eigenvalue weighted by Gasteiger charge is -2.25. The first-order valence-corrected chi connectivity index (χ1v) is 7.73. The van der Waals surface area contributed by atoms with Crippen molar-refractivity contribution in [2.24, 2.45) is 5.92 Å². The van der Waals surface area contributed by atoms with E-state index in [1.165, 1.54) is 4.57 Å². The van der Waals surface area contributed by atoms with Crippen LogP contribution in [0.3, 0.4) is 0 Å². The molecule has 0 spiro atoms. The molecule has 0 radical (unpaired) electrons. The molecular weight excluding hydrogens is 266 g/mol. The molecule has 1 aromatic heterocycles. The van der Waals surface area contributed by atoms with E-state index in [9.17, 15) is 9.59 Å². The van der Waals surface area contributed by atoms with Crippen LogP contribution in [0.5, 0.6) is 0 Å². The van der Waals surface area contributed by atoms with Crippen molar-refractivity contribution < 1.29 is 4.79 Å². The molecule has 0 fully saturated rings. The first kappa shape index (κ1) is 17.3. The van der Waals surface area contributed by atoms with Crippen LogP contribution >= 0.6 is 0 Å². The Labute approximate surface area is 126 Å². The molecule has 0 aliphatic heterocycles. The Morgan fingerprint density at radius 3 is 2.43 bits per heavy atom. The fraction of sp³-hybridized carbons (Fsp3) is 0.625. The fourth-order valence-electron chi connectivity index (χ4n) is 2.67. The summed E-state index contributed by atoms with van der Waals surface area (Å²) in [6.45, 7) is 6.43. The van der Waals surface area contributed by atoms with Gasteiger partial charge < -0.3 is 15.2 Å². The number of rotatable bonds is 8. The molecule has 0 saturated carbocycles. The van der Waals surface area contributed by atoms with E-state index in [0.29, 0.717) is 11.6 Å². The minimum absolute atomic E-state index is 0.0605. The van der Waals surface area contributed by atoms with Crippen molar-refractivity contribution in [3.63, 3.8) is 0 Å². The zero-order valence-electron chi connectivity index (χ0n) is 13.5. The fourth-order valence-corrected chi connectivity index (χ4v) is 2.67. The SMILES string of the molecule is CCC(CC)C(CC)NC(=O)Cn1cccc(NC)c1=O. The molecule has 5 heteroatoms. The summed E-state index contributed by atoms with van der Waals surface area (Å²) in [7, 11) is 1.70. The summed E-state index contributed by atoms with van der Waals surface area (Å²) >= 11 is 0. The van der Waals surface area contributed by atoms with Crippen LogP contribution in [0.4, 0.5) is 5.69 Å². The average Bonchev–Trinajstić information content (AvgIpc) is 2.49. The third-order valence-corrected chi connectivity index (χ3v) is 4.01. The van der Waals surface area contributed by atoms with Gasteiger partial charge in [-0.1, -0.05) is 33.6 Å². The Morgan fingerprint density at radius 1 is 1.24 bits per heavy atom. The highest BCUT2D eigenvalue weighted by molar-refractivity contribution is 5.76. The second-order valence-electron chi connectivity index (χ2n) is 5.26. The zero-order chi connectivity index (χ0) is 15.8. The summed E-state index contributed by atoms with van der Waals surface area (Å²) < 4.78 is 1.43. The van der Waals surface area contributed by atoms with Crippen molar-refractivity contribution >= 4 is 11.6 Å². The average molecular weight is 293 g/mol. The van der Waals surface area contributed by atoms with Gasteiger partial charge in [0, 0.05) is 19.3 Å². The van der Waals surface area contributed by atoms with E-state index in [0.717, 1.165) is 19.3 Å². The summed E-state index contributed by atoms with van der Waals surface area (Å²) in [6, 6.07) is 3.64. The van der Waals surface area contributed by atoms with Crippen LogP contribution in [0, 0.1) is 5.92 Å². The topological polar surface area (TPSA) is 63.1 Å². The van der Waals surface area contributed by atoms with Gasteiger partial charge in [0.1, 0.15) is 12.2 Å². The van der Waals surface area contributed by atoms with E-state index in [2.05, 4.69) is 31.4 Å². The highest BCUT2D eigenvalue weighted by Crippen LogP contribution is 2.15. The maximum atomic E-state index is 12.2. The number of hydrogen-bond donors (Lipinski definition) is 2. The van der Waals surface area contributed by atoms with Crippen LogP contribution in [0.15, 0.2) is 23.1 Å². The Morgan fingerprint density at radius 2 is 1.90 bits per heavy atom. The lowest BCUT2D eigenvalue weighted by Crippen LogP contribution is -2.42. The van der Waals surface area contributed by atoms with Crippen LogP contribution in [-0.4, -0.2) is 23.6 Å². The van der Waals surface area contributed by atoms with Gasteiger partial charge in [-0.15, -0.1) is 0 Å². The molecule has 1 atom stereocenters. The van der Waals surface area contributed by atoms with Gasteiger partial charge >= 0.3 is 0 Å². The van der Waals surface area contributed by atoms with Crippen molar-refractivity contribution in [1.82, 2.24) is 9.88 Å². The molecule has 2 N–H and O–H groups in total. The predicted octanol–water partition coefficient (Wildman–Crippen LogP) is 2.22. The molecular formula is C16H27N3O2. The molecule has 0 saturated heterocycles. The number of nitrogens with zero attached hydrogens (tertiary/aromatic N) is 1. The number of hydrogen-bond acceptors (Lipinski definition) is 3. The van der Waals surface area contributed by atoms with Crippen LogP contribution in [-0.2, 0) is 11.3 Å². The Bertz CT molecular complexity index is 506. The molecule has 0 aliphatic rings. The van der Waals surface area contributed by atoms with Gasteiger partial charge in [0.25, 0.3) is 5.56 Å². The number of carbonyl (C=O) groups is 1. The van der Waals surface area contributed by atoms with Crippen molar-refractivity contribution in [3.8, 4) is 0 Å². The van der Waals surface area contributed by atoms with E-state index < -0.39 is 0 Å². The molecule has 0 bridgehead atoms. The van der Waals surface area contributed by atoms with Gasteiger partial charge in [-0.05, 0) is 24.5 Å². The Hall–Kier alpha value is -1.78. The molecule has 21 heavy (non-hydrogen) atoms. The molecule has 0 aliphatic carbocycles. The standard InChI is InChI=1S/C16H27N3O2/c1-5-12(6-2)13(7-3)18-15(20)11-19-10-8-9-14(17-4)16(19)21/h8-10,12-13,17H,5-7,11H2,1-4H3,(H,18,20). The van der Waals surface area contributed by atoms with Gasteiger partial charge in [0.15, 0.2) is 0 Å². The van der Waals surface area contributed by atoms with Crippen LogP contribution < -0.4 is 16.2 Å². The quantitative estimate of drug-likeness (QED) is 0.772. The number of amides is 1. The molecule has 118 valence electrons. The second-order valence-corrected chi connectivity index (χ2v) is 5.26. The van der Waals surface area contributed by atoms with Gasteiger partial charge in [0.05, 0.1) is 0 Å². The molecule has 1 amide bonds. The summed E-state index contributed by atoms with van der Waals surface area (Å²) in [4.78, 5) is 24.2. The van der Waals surface area contributed by atoms with E-state index in [1.54, 1.807) is 25.4 Å². The highest BCUT2D eigenvalue weighted by atomic mass is 16.2. The van der Waals surface area contributed by atoms with E-state index in [1.807, 2.05) is 0 Å². The van der Waals surface area contributed by atoms with E-state index >= 15 is 0 Å². The molecule has 1 unspecified atom stereocenters. The highest BCUT2D eigenvalue weighted by Gasteiger charge is 2.19. The summed E-state index contributed by atoms with van der Waals surface area (Å²) in [5.41, 5.74) is 0.322. The molecule has 1 heterocycles. The first-order valence-electron chi connectivity index (χ1n) is 7.73. The number of carbonyl (C=O) groups excluding carboxylic acids is 1. The van der Waals surface area contributed by atoms with Crippen LogP contribution in [0.25, 0.3) is 0 Å². The lowest BCUT2D eigenvalue weighted by atomic mass is 9.92. The Kier molecular flexibility index (Phi) is 6.99. The lowest BCUT2D eigenvalue weighted by molar-refractivity contribution is -0.122. The predicted molar refractivity (Wildman–Crippen MR) is 86.5 cm³/mol. The van der Waals surface area contributed by atoms with Gasteiger partial charge in [-0.2, -0.15) is 0 Å². The van der Waals surface area contributed by atoms with Gasteiger partial charge in [-0.3, -0.25) is 9.59 Å². The molecule has 5 nitrogen and oxygen atoms in total. The third-order valence-electron chi connectivity index (χ3n) is 4.01. The minimum Gasteiger partial charge on any atom is -0.384 e. The first-order chi connectivity index (χ1) is 10.1. The van der Waals surface area contributed by atoms with Crippen LogP contribution in [0.1, 0.15) is 40.0 Å². The largest absolute Gasteiger partial charge is 0.384 e. The Balaban J connectivity index is 2.75. The monoisotopic (exact) mass is 293 g/mol. The number of pyridine rings is 1. The third kappa shape index (κ3) is 4.62. The minimum atomic E-state index is -0.175. The molecule has 0 aromatic carbocycles. The second kappa shape index (κ2) is 8.49. The maximum Gasteiger partial charge on any atom is 0.274 e. The normalized spacial score (nSPS) is 12.2. The maximum absolute atomic E-state index is 12.2. The smallest absolute Gasteiger partial charge is 0.274 e. The van der Waals surface area contributed by atoms with Crippen molar-refractivity contribution in [3.05, 3.63) is 28.7 Å². The summed E-state index contributed by atoms with van der Waals surface area (Å²) in [6.07, 6.45) is 4.64. The van der Waals surface area contributed by atoms with Gasteiger partial charge in [-0.25, -0.2) is 0 Å². The van der Waals surface area contributed by atoms with Crippen LogP contribution in [0.2, 0.25) is 0 Å². The number of nitrogens with one attached hydrogen (secondary N) is 2. The summed E-state index contributed by atoms with van der Waals surface area (Å²) in [5.74, 6) is 0.378. The van der Waals surface area contributed by atoms with Crippen molar-refractivity contribution in [2.75, 3.05) is 12.4 Å². The number of anilines is 1. The zero-order valence-corrected chi connectivity index (χ0v) is 13.5. The molecule has 1 aromatic rings. The van der Waals surface area contributed by atoms with Crippen molar-refractivity contribution in [2.45, 2.75) is 52.6 Å². The van der Waals surface area contributed by atoms with Crippen molar-refractivity contribution in [1.29, 1.82) is 0 Å². The van der Waals surface area contributed by atoms with E-state index in [-0.39, 0.29) is 24.1 Å². The molecule has 1 rings (SSSR count).